The number of anilines is 3. The Balaban J connectivity index is 1.88. The third kappa shape index (κ3) is 5.96. The van der Waals surface area contributed by atoms with Crippen LogP contribution in [-0.2, 0) is 20.0 Å². The fourth-order valence-electron chi connectivity index (χ4n) is 3.72. The average molecular weight is 646 g/mol. The van der Waals surface area contributed by atoms with E-state index < -0.39 is 29.8 Å². The fraction of sp³-hybridized carbons (Fsp3) is 0.120. The van der Waals surface area contributed by atoms with E-state index in [0.29, 0.717) is 11.6 Å². The van der Waals surface area contributed by atoms with Gasteiger partial charge in [-0.25, -0.2) is 9.97 Å². The zero-order valence-corrected chi connectivity index (χ0v) is 25.3. The van der Waals surface area contributed by atoms with E-state index >= 15 is 0 Å². The molecule has 0 saturated heterocycles. The molecule has 0 amide bonds. The van der Waals surface area contributed by atoms with E-state index in [9.17, 15) is 16.8 Å². The minimum absolute atomic E-state index is 0.176. The predicted molar refractivity (Wildman–Crippen MR) is 156 cm³/mol. The van der Waals surface area contributed by atoms with Gasteiger partial charge in [0, 0.05) is 34.2 Å². The molecule has 0 saturated carbocycles. The van der Waals surface area contributed by atoms with Crippen LogP contribution in [0, 0.1) is 13.8 Å². The van der Waals surface area contributed by atoms with Crippen LogP contribution >= 0.6 is 46.4 Å². The lowest BCUT2D eigenvalue weighted by Crippen LogP contribution is -2.37. The third-order valence-corrected chi connectivity index (χ3v) is 11.1. The highest BCUT2D eigenvalue weighted by Gasteiger charge is 2.39. The van der Waals surface area contributed by atoms with Crippen molar-refractivity contribution in [2.75, 3.05) is 15.7 Å². The average Bonchev–Trinajstić information content (AvgIpc) is 2.82. The van der Waals surface area contributed by atoms with Gasteiger partial charge in [0.15, 0.2) is 0 Å². The smallest absolute Gasteiger partial charge is 0.279 e. The van der Waals surface area contributed by atoms with Crippen molar-refractivity contribution in [3.63, 3.8) is 0 Å². The third-order valence-electron chi connectivity index (χ3n) is 5.50. The number of nitrogens with zero attached hydrogens (tertiary/aromatic N) is 4. The summed E-state index contributed by atoms with van der Waals surface area (Å²) in [5, 5.41) is -0.161. The number of aryl methyl sites for hydroxylation is 2. The van der Waals surface area contributed by atoms with Crippen LogP contribution in [0.5, 0.6) is 0 Å². The summed E-state index contributed by atoms with van der Waals surface area (Å²) in [7, 11) is -7.88. The van der Waals surface area contributed by atoms with E-state index in [1.165, 1.54) is 36.4 Å². The Kier molecular flexibility index (Phi) is 8.37. The maximum Gasteiger partial charge on any atom is 0.279 e. The van der Waals surface area contributed by atoms with Crippen molar-refractivity contribution >= 4 is 83.8 Å². The Labute approximate surface area is 246 Å². The lowest BCUT2D eigenvalue weighted by atomic mass is 10.2. The van der Waals surface area contributed by atoms with E-state index in [4.69, 9.17) is 46.4 Å². The molecule has 0 aliphatic heterocycles. The molecule has 0 atom stereocenters. The van der Waals surface area contributed by atoms with Gasteiger partial charge in [0.1, 0.15) is 9.79 Å². The van der Waals surface area contributed by atoms with Crippen LogP contribution in [0.2, 0.25) is 20.1 Å². The molecule has 0 unspecified atom stereocenters. The highest BCUT2D eigenvalue weighted by atomic mass is 35.5. The minimum Gasteiger partial charge on any atom is -0.314 e. The van der Waals surface area contributed by atoms with Crippen LogP contribution in [0.15, 0.2) is 76.5 Å². The topological polar surface area (TPSA) is 101 Å². The van der Waals surface area contributed by atoms with Crippen molar-refractivity contribution in [3.05, 3.63) is 98.2 Å². The molecule has 0 fully saturated rings. The maximum atomic E-state index is 13.9. The number of hydrogen-bond donors (Lipinski definition) is 0. The van der Waals surface area contributed by atoms with Gasteiger partial charge in [-0.3, -0.25) is 0 Å². The van der Waals surface area contributed by atoms with E-state index in [1.54, 1.807) is 24.1 Å². The molecule has 1 aromatic heterocycles. The summed E-state index contributed by atoms with van der Waals surface area (Å²) in [6.45, 7) is 3.68. The molecular formula is C25H20Cl4N4O4S2. The second-order valence-electron chi connectivity index (χ2n) is 8.38. The van der Waals surface area contributed by atoms with Crippen molar-refractivity contribution < 1.29 is 16.8 Å². The van der Waals surface area contributed by atoms with Crippen LogP contribution in [0.4, 0.5) is 17.3 Å². The van der Waals surface area contributed by atoms with E-state index in [1.807, 2.05) is 19.9 Å². The lowest BCUT2D eigenvalue weighted by molar-refractivity contribution is 0.584. The van der Waals surface area contributed by atoms with Crippen LogP contribution in [0.1, 0.15) is 11.4 Å². The van der Waals surface area contributed by atoms with Crippen molar-refractivity contribution in [3.8, 4) is 0 Å². The van der Waals surface area contributed by atoms with Gasteiger partial charge in [-0.2, -0.15) is 20.5 Å². The molecule has 1 heterocycles. The van der Waals surface area contributed by atoms with Gasteiger partial charge in [0.2, 0.25) is 5.95 Å². The number of benzene rings is 3. The normalized spacial score (nSPS) is 11.9. The van der Waals surface area contributed by atoms with E-state index in [-0.39, 0.29) is 29.5 Å². The first-order chi connectivity index (χ1) is 18.2. The summed E-state index contributed by atoms with van der Waals surface area (Å²) in [6.07, 6.45) is 0. The predicted octanol–water partition coefficient (Wildman–Crippen LogP) is 7.06. The molecule has 8 nitrogen and oxygen atoms in total. The molecule has 0 aliphatic carbocycles. The van der Waals surface area contributed by atoms with Gasteiger partial charge in [-0.1, -0.05) is 46.4 Å². The van der Waals surface area contributed by atoms with Gasteiger partial charge < -0.3 is 4.90 Å². The Morgan fingerprint density at radius 2 is 1.03 bits per heavy atom. The summed E-state index contributed by atoms with van der Waals surface area (Å²) in [4.78, 5) is 9.59. The molecule has 204 valence electrons. The van der Waals surface area contributed by atoms with Crippen molar-refractivity contribution in [1.29, 1.82) is 0 Å². The number of rotatable bonds is 7. The standard InChI is InChI=1S/C25H20Cl4N4O4S2/c1-15-12-16(2)31-25(30-15)32(3)19-6-8-20(9-7-19)33(38(34,35)23-10-4-17(26)13-21(23)28)39(36,37)24-11-5-18(27)14-22(24)29/h4-14H,1-3H3. The van der Waals surface area contributed by atoms with Crippen LogP contribution in [-0.4, -0.2) is 33.9 Å². The molecule has 0 radical (unpaired) electrons. The molecule has 39 heavy (non-hydrogen) atoms. The SMILES string of the molecule is Cc1cc(C)nc(N(C)c2ccc(N(S(=O)(=O)c3ccc(Cl)cc3Cl)S(=O)(=O)c3ccc(Cl)cc3Cl)cc2)n1. The van der Waals surface area contributed by atoms with Crippen LogP contribution in [0.25, 0.3) is 0 Å². The Morgan fingerprint density at radius 1 is 0.615 bits per heavy atom. The van der Waals surface area contributed by atoms with Gasteiger partial charge in [-0.05, 0) is 80.6 Å². The van der Waals surface area contributed by atoms with Gasteiger partial charge in [0.05, 0.1) is 15.7 Å². The Bertz CT molecular complexity index is 1680. The highest BCUT2D eigenvalue weighted by molar-refractivity contribution is 8.10. The maximum absolute atomic E-state index is 13.9. The van der Waals surface area contributed by atoms with E-state index in [0.717, 1.165) is 23.5 Å². The van der Waals surface area contributed by atoms with Gasteiger partial charge >= 0.3 is 0 Å². The number of hydrogen-bond acceptors (Lipinski definition) is 7. The molecule has 4 aromatic rings. The Hall–Kier alpha value is -2.60. The Morgan fingerprint density at radius 3 is 1.44 bits per heavy atom. The number of aromatic nitrogens is 2. The number of sulfonamides is 2. The fourth-order valence-corrected chi connectivity index (χ4v) is 8.89. The molecular weight excluding hydrogens is 626 g/mol. The minimum atomic E-state index is -4.81. The summed E-state index contributed by atoms with van der Waals surface area (Å²) >= 11 is 24.3. The highest BCUT2D eigenvalue weighted by Crippen LogP contribution is 2.37. The summed E-state index contributed by atoms with van der Waals surface area (Å²) < 4.78 is 55.9. The second-order valence-corrected chi connectivity index (χ2v) is 13.8. The van der Waals surface area contributed by atoms with E-state index in [2.05, 4.69) is 9.97 Å². The monoisotopic (exact) mass is 644 g/mol. The van der Waals surface area contributed by atoms with Gasteiger partial charge in [-0.15, -0.1) is 0 Å². The van der Waals surface area contributed by atoms with Crippen LogP contribution in [0.3, 0.4) is 0 Å². The largest absolute Gasteiger partial charge is 0.314 e. The van der Waals surface area contributed by atoms with Crippen molar-refractivity contribution in [2.24, 2.45) is 0 Å². The van der Waals surface area contributed by atoms with Crippen molar-refractivity contribution in [2.45, 2.75) is 23.6 Å². The van der Waals surface area contributed by atoms with Crippen molar-refractivity contribution in [1.82, 2.24) is 9.97 Å². The molecule has 0 bridgehead atoms. The molecule has 4 rings (SSSR count). The molecule has 0 spiro atoms. The first-order valence-corrected chi connectivity index (χ1v) is 15.5. The second kappa shape index (κ2) is 11.1. The number of halogens is 4. The zero-order chi connectivity index (χ0) is 28.7. The summed E-state index contributed by atoms with van der Waals surface area (Å²) in [5.41, 5.74) is 1.92. The summed E-state index contributed by atoms with van der Waals surface area (Å²) in [6, 6.07) is 14.9. The zero-order valence-electron chi connectivity index (χ0n) is 20.6. The quantitative estimate of drug-likeness (QED) is 0.212. The molecule has 0 aliphatic rings. The first-order valence-electron chi connectivity index (χ1n) is 11.1. The lowest BCUT2D eigenvalue weighted by Gasteiger charge is -2.26. The first kappa shape index (κ1) is 29.4. The molecule has 0 N–H and O–H groups in total. The van der Waals surface area contributed by atoms with Gasteiger partial charge in [0.25, 0.3) is 20.0 Å². The molecule has 14 heteroatoms. The summed E-state index contributed by atoms with van der Waals surface area (Å²) in [5.74, 6) is 0.415. The van der Waals surface area contributed by atoms with Crippen LogP contribution < -0.4 is 8.61 Å². The molecule has 3 aromatic carbocycles.